The number of anilines is 1. The molecule has 2 aromatic heterocycles. The molecule has 3 heterocycles. The topological polar surface area (TPSA) is 46.8 Å². The second-order valence-electron chi connectivity index (χ2n) is 5.25. The van der Waals surface area contributed by atoms with Gasteiger partial charge >= 0.3 is 0 Å². The molecule has 0 saturated carbocycles. The molecule has 5 nitrogen and oxygen atoms in total. The quantitative estimate of drug-likeness (QED) is 0.837. The van der Waals surface area contributed by atoms with Crippen molar-refractivity contribution in [1.29, 1.82) is 0 Å². The second kappa shape index (κ2) is 4.74. The molecule has 0 fully saturated rings. The van der Waals surface area contributed by atoms with Gasteiger partial charge in [0.2, 0.25) is 0 Å². The maximum absolute atomic E-state index is 4.61. The molecule has 20 heavy (non-hydrogen) atoms. The van der Waals surface area contributed by atoms with Crippen molar-refractivity contribution < 1.29 is 0 Å². The van der Waals surface area contributed by atoms with Gasteiger partial charge in [0, 0.05) is 37.6 Å². The lowest BCUT2D eigenvalue weighted by molar-refractivity contribution is 0.754. The van der Waals surface area contributed by atoms with Crippen LogP contribution in [0.5, 0.6) is 0 Å². The smallest absolute Gasteiger partial charge is 0.136 e. The van der Waals surface area contributed by atoms with Crippen LogP contribution >= 0.6 is 0 Å². The van der Waals surface area contributed by atoms with E-state index in [9.17, 15) is 0 Å². The summed E-state index contributed by atoms with van der Waals surface area (Å²) in [5.41, 5.74) is 4.70. The predicted octanol–water partition coefficient (Wildman–Crippen LogP) is 2.04. The fraction of sp³-hybridized carbons (Fsp3) is 0.400. The van der Waals surface area contributed by atoms with Gasteiger partial charge in [0.05, 0.1) is 5.69 Å². The third-order valence-corrected chi connectivity index (χ3v) is 3.84. The third kappa shape index (κ3) is 2.09. The maximum Gasteiger partial charge on any atom is 0.136 e. The van der Waals surface area contributed by atoms with Gasteiger partial charge < -0.3 is 4.90 Å². The normalized spacial score (nSPS) is 14.8. The van der Waals surface area contributed by atoms with E-state index >= 15 is 0 Å². The fourth-order valence-electron chi connectivity index (χ4n) is 2.65. The molecule has 0 N–H and O–H groups in total. The third-order valence-electron chi connectivity index (χ3n) is 3.84. The molecule has 0 amide bonds. The summed E-state index contributed by atoms with van der Waals surface area (Å²) in [6.07, 6.45) is 4.09. The predicted molar refractivity (Wildman–Crippen MR) is 79.6 cm³/mol. The molecule has 0 unspecified atom stereocenters. The molecule has 3 rings (SSSR count). The van der Waals surface area contributed by atoms with E-state index in [1.807, 2.05) is 31.8 Å². The number of hydrogen-bond donors (Lipinski definition) is 0. The van der Waals surface area contributed by atoms with Gasteiger partial charge in [-0.05, 0) is 32.4 Å². The molecule has 0 radical (unpaired) electrons. The average molecular weight is 269 g/mol. The standard InChI is InChI=1S/C15H19N5/c1-10-11(2)17-12(3)18-15(10)20-8-6-13(9-20)14-5-7-16-19(14)4/h5-7H,8-9H2,1-4H3. The zero-order valence-corrected chi connectivity index (χ0v) is 12.4. The van der Waals surface area contributed by atoms with Crippen molar-refractivity contribution in [3.05, 3.63) is 41.1 Å². The van der Waals surface area contributed by atoms with E-state index in [4.69, 9.17) is 0 Å². The first kappa shape index (κ1) is 12.8. The van der Waals surface area contributed by atoms with E-state index in [1.165, 1.54) is 11.3 Å². The number of hydrogen-bond acceptors (Lipinski definition) is 4. The van der Waals surface area contributed by atoms with Crippen LogP contribution in [0.1, 0.15) is 22.8 Å². The molecule has 1 aliphatic heterocycles. The molecule has 0 saturated heterocycles. The Morgan fingerprint density at radius 3 is 2.65 bits per heavy atom. The Bertz CT molecular complexity index is 684. The van der Waals surface area contributed by atoms with Crippen molar-refractivity contribution in [3.63, 3.8) is 0 Å². The van der Waals surface area contributed by atoms with Crippen LogP contribution in [0.15, 0.2) is 18.3 Å². The van der Waals surface area contributed by atoms with E-state index in [2.05, 4.69) is 39.0 Å². The van der Waals surface area contributed by atoms with Crippen LogP contribution < -0.4 is 4.90 Å². The summed E-state index contributed by atoms with van der Waals surface area (Å²) in [7, 11) is 1.98. The molecule has 0 atom stereocenters. The number of aryl methyl sites for hydroxylation is 3. The molecule has 2 aromatic rings. The summed E-state index contributed by atoms with van der Waals surface area (Å²) < 4.78 is 1.92. The summed E-state index contributed by atoms with van der Waals surface area (Å²) >= 11 is 0. The van der Waals surface area contributed by atoms with Crippen LogP contribution in [0.4, 0.5) is 5.82 Å². The van der Waals surface area contributed by atoms with E-state index in [1.54, 1.807) is 0 Å². The highest BCUT2D eigenvalue weighted by Crippen LogP contribution is 2.27. The highest BCUT2D eigenvalue weighted by molar-refractivity contribution is 5.72. The summed E-state index contributed by atoms with van der Waals surface area (Å²) in [4.78, 5) is 11.3. The van der Waals surface area contributed by atoms with Gasteiger partial charge in [0.15, 0.2) is 0 Å². The number of aromatic nitrogens is 4. The van der Waals surface area contributed by atoms with Crippen molar-refractivity contribution in [2.24, 2.45) is 7.05 Å². The minimum absolute atomic E-state index is 0.831. The molecule has 1 aliphatic rings. The Hall–Kier alpha value is -2.17. The fourth-order valence-corrected chi connectivity index (χ4v) is 2.65. The molecular formula is C15H19N5. The van der Waals surface area contributed by atoms with E-state index in [0.717, 1.165) is 36.0 Å². The lowest BCUT2D eigenvalue weighted by Gasteiger charge is -2.21. The van der Waals surface area contributed by atoms with Crippen molar-refractivity contribution in [2.45, 2.75) is 20.8 Å². The van der Waals surface area contributed by atoms with Crippen LogP contribution in [0, 0.1) is 20.8 Å². The Kier molecular flexibility index (Phi) is 3.04. The minimum atomic E-state index is 0.831. The summed E-state index contributed by atoms with van der Waals surface area (Å²) in [6.45, 7) is 7.83. The SMILES string of the molecule is Cc1nc(C)c(C)c(N2CC=C(c3ccnn3C)C2)n1. The van der Waals surface area contributed by atoms with Crippen LogP contribution in [-0.2, 0) is 7.05 Å². The number of nitrogens with zero attached hydrogens (tertiary/aromatic N) is 5. The van der Waals surface area contributed by atoms with Gasteiger partial charge in [-0.1, -0.05) is 6.08 Å². The van der Waals surface area contributed by atoms with Gasteiger partial charge in [-0.15, -0.1) is 0 Å². The van der Waals surface area contributed by atoms with E-state index < -0.39 is 0 Å². The van der Waals surface area contributed by atoms with Crippen LogP contribution in [0.2, 0.25) is 0 Å². The van der Waals surface area contributed by atoms with Gasteiger partial charge in [0.25, 0.3) is 0 Å². The molecule has 104 valence electrons. The van der Waals surface area contributed by atoms with Crippen molar-refractivity contribution in [1.82, 2.24) is 19.7 Å². The lowest BCUT2D eigenvalue weighted by Crippen LogP contribution is -2.23. The molecule has 0 aromatic carbocycles. The Labute approximate surface area is 119 Å². The van der Waals surface area contributed by atoms with Crippen molar-refractivity contribution in [2.75, 3.05) is 18.0 Å². The summed E-state index contributed by atoms with van der Waals surface area (Å²) in [5, 5.41) is 4.24. The van der Waals surface area contributed by atoms with E-state index in [0.29, 0.717) is 0 Å². The Morgan fingerprint density at radius 2 is 1.95 bits per heavy atom. The summed E-state index contributed by atoms with van der Waals surface area (Å²) in [5.74, 6) is 1.88. The second-order valence-corrected chi connectivity index (χ2v) is 5.25. The van der Waals surface area contributed by atoms with Crippen LogP contribution in [0.25, 0.3) is 5.57 Å². The zero-order chi connectivity index (χ0) is 14.3. The first-order valence-corrected chi connectivity index (χ1v) is 6.80. The lowest BCUT2D eigenvalue weighted by atomic mass is 10.2. The highest BCUT2D eigenvalue weighted by atomic mass is 15.3. The molecule has 0 spiro atoms. The molecular weight excluding hydrogens is 250 g/mol. The van der Waals surface area contributed by atoms with Gasteiger partial charge in [0.1, 0.15) is 11.6 Å². The first-order chi connectivity index (χ1) is 9.56. The highest BCUT2D eigenvalue weighted by Gasteiger charge is 2.21. The zero-order valence-electron chi connectivity index (χ0n) is 12.4. The minimum Gasteiger partial charge on any atom is -0.348 e. The summed E-state index contributed by atoms with van der Waals surface area (Å²) in [6, 6.07) is 2.05. The first-order valence-electron chi connectivity index (χ1n) is 6.80. The van der Waals surface area contributed by atoms with Crippen molar-refractivity contribution >= 4 is 11.4 Å². The van der Waals surface area contributed by atoms with Crippen LogP contribution in [0.3, 0.4) is 0 Å². The Balaban J connectivity index is 1.88. The van der Waals surface area contributed by atoms with Crippen molar-refractivity contribution in [3.8, 4) is 0 Å². The van der Waals surface area contributed by atoms with Gasteiger partial charge in [-0.3, -0.25) is 4.68 Å². The van der Waals surface area contributed by atoms with E-state index in [-0.39, 0.29) is 0 Å². The molecule has 0 bridgehead atoms. The molecule has 0 aliphatic carbocycles. The van der Waals surface area contributed by atoms with Gasteiger partial charge in [-0.2, -0.15) is 5.10 Å². The Morgan fingerprint density at radius 1 is 1.15 bits per heavy atom. The maximum atomic E-state index is 4.61. The van der Waals surface area contributed by atoms with Crippen LogP contribution in [-0.4, -0.2) is 32.8 Å². The molecule has 5 heteroatoms. The monoisotopic (exact) mass is 269 g/mol. The average Bonchev–Trinajstić information content (AvgIpc) is 3.02. The largest absolute Gasteiger partial charge is 0.348 e. The van der Waals surface area contributed by atoms with Gasteiger partial charge in [-0.25, -0.2) is 9.97 Å². The number of rotatable bonds is 2.